The Bertz CT molecular complexity index is 1090. The molecule has 1 aliphatic carbocycles. The molecule has 3 aromatic heterocycles. The lowest BCUT2D eigenvalue weighted by molar-refractivity contribution is -0.115. The number of carbonyl (C=O) groups is 1. The van der Waals surface area contributed by atoms with E-state index in [0.29, 0.717) is 28.9 Å². The molecule has 3 aromatic rings. The van der Waals surface area contributed by atoms with Crippen molar-refractivity contribution in [1.82, 2.24) is 20.2 Å². The van der Waals surface area contributed by atoms with E-state index in [1.165, 1.54) is 28.2 Å². The molecule has 0 aliphatic heterocycles. The maximum absolute atomic E-state index is 12.6. The number of aromatic nitrogens is 4. The van der Waals surface area contributed by atoms with Crippen molar-refractivity contribution in [2.45, 2.75) is 64.0 Å². The van der Waals surface area contributed by atoms with Crippen LogP contribution in [0.25, 0.3) is 10.2 Å². The van der Waals surface area contributed by atoms with E-state index in [1.54, 1.807) is 23.1 Å². The highest BCUT2D eigenvalue weighted by Gasteiger charge is 2.19. The molecule has 1 amide bonds. The number of thiophene rings is 1. The van der Waals surface area contributed by atoms with Gasteiger partial charge < -0.3 is 10.3 Å². The lowest BCUT2D eigenvalue weighted by Crippen LogP contribution is -2.13. The molecule has 0 saturated heterocycles. The number of hydrogen-bond acceptors (Lipinski definition) is 8. The van der Waals surface area contributed by atoms with E-state index < -0.39 is 0 Å². The average Bonchev–Trinajstić information content (AvgIpc) is 3.33. The Morgan fingerprint density at radius 2 is 2.10 bits per heavy atom. The summed E-state index contributed by atoms with van der Waals surface area (Å²) in [7, 11) is 0. The van der Waals surface area contributed by atoms with Crippen LogP contribution in [0.1, 0.15) is 60.3 Å². The third kappa shape index (κ3) is 5.09. The van der Waals surface area contributed by atoms with Crippen molar-refractivity contribution < 1.29 is 4.79 Å². The Morgan fingerprint density at radius 1 is 1.23 bits per heavy atom. The second kappa shape index (κ2) is 10.0. The van der Waals surface area contributed by atoms with Gasteiger partial charge in [0.1, 0.15) is 15.7 Å². The fourth-order valence-electron chi connectivity index (χ4n) is 3.53. The third-order valence-corrected chi connectivity index (χ3v) is 8.10. The standard InChI is InChI=1S/C20H25N5O2S3/c1-2-3-8-16-24-25-20(30-16)23-15(26)9-10-28-11-14-21-18(27)17-12-6-4-5-7-13(12)29-19(17)22-14/h2-11H2,1H3,(H,21,22,27)(H,23,25,26). The lowest BCUT2D eigenvalue weighted by atomic mass is 9.97. The Balaban J connectivity index is 1.27. The smallest absolute Gasteiger partial charge is 0.259 e. The van der Waals surface area contributed by atoms with Crippen LogP contribution in [-0.4, -0.2) is 31.8 Å². The van der Waals surface area contributed by atoms with Gasteiger partial charge in [0.15, 0.2) is 0 Å². The molecule has 0 fully saturated rings. The second-order valence-corrected chi connectivity index (χ2v) is 10.6. The molecule has 0 radical (unpaired) electrons. The molecule has 10 heteroatoms. The summed E-state index contributed by atoms with van der Waals surface area (Å²) in [6, 6.07) is 0. The van der Waals surface area contributed by atoms with Gasteiger partial charge in [-0.3, -0.25) is 9.59 Å². The van der Waals surface area contributed by atoms with E-state index in [9.17, 15) is 9.59 Å². The number of thioether (sulfide) groups is 1. The second-order valence-electron chi connectivity index (χ2n) is 7.36. The van der Waals surface area contributed by atoms with Gasteiger partial charge in [-0.1, -0.05) is 24.7 Å². The maximum atomic E-state index is 12.6. The molecule has 0 spiro atoms. The van der Waals surface area contributed by atoms with Gasteiger partial charge in [0.05, 0.1) is 11.1 Å². The topological polar surface area (TPSA) is 101 Å². The normalized spacial score (nSPS) is 13.5. The molecule has 4 rings (SSSR count). The minimum atomic E-state index is -0.0662. The molecule has 2 N–H and O–H groups in total. The van der Waals surface area contributed by atoms with E-state index in [4.69, 9.17) is 0 Å². The summed E-state index contributed by atoms with van der Waals surface area (Å²) in [6.45, 7) is 2.14. The summed E-state index contributed by atoms with van der Waals surface area (Å²) in [6.07, 6.45) is 7.86. The molecule has 0 aromatic carbocycles. The first-order valence-electron chi connectivity index (χ1n) is 10.4. The molecular formula is C20H25N5O2S3. The molecule has 3 heterocycles. The Labute approximate surface area is 187 Å². The predicted octanol–water partition coefficient (Wildman–Crippen LogP) is 4.32. The van der Waals surface area contributed by atoms with Gasteiger partial charge in [0, 0.05) is 23.5 Å². The first-order chi connectivity index (χ1) is 14.6. The number of nitrogens with zero attached hydrogens (tertiary/aromatic N) is 3. The molecule has 30 heavy (non-hydrogen) atoms. The fraction of sp³-hybridized carbons (Fsp3) is 0.550. The predicted molar refractivity (Wildman–Crippen MR) is 125 cm³/mol. The minimum absolute atomic E-state index is 0.0251. The number of hydrogen-bond donors (Lipinski definition) is 2. The number of carbonyl (C=O) groups excluding carboxylic acids is 1. The number of amides is 1. The highest BCUT2D eigenvalue weighted by Crippen LogP contribution is 2.33. The Morgan fingerprint density at radius 3 is 2.97 bits per heavy atom. The van der Waals surface area contributed by atoms with Crippen LogP contribution in [0.3, 0.4) is 0 Å². The number of unbranched alkanes of at least 4 members (excludes halogenated alkanes) is 1. The van der Waals surface area contributed by atoms with E-state index in [-0.39, 0.29) is 11.5 Å². The monoisotopic (exact) mass is 463 g/mol. The van der Waals surface area contributed by atoms with Gasteiger partial charge in [-0.05, 0) is 37.7 Å². The van der Waals surface area contributed by atoms with Gasteiger partial charge in [-0.15, -0.1) is 21.5 Å². The maximum Gasteiger partial charge on any atom is 0.259 e. The van der Waals surface area contributed by atoms with Crippen LogP contribution in [0.15, 0.2) is 4.79 Å². The molecule has 7 nitrogen and oxygen atoms in total. The fourth-order valence-corrected chi connectivity index (χ4v) is 6.41. The SMILES string of the molecule is CCCCc1nnc(NC(=O)CCSCc2nc3sc4c(c3c(=O)[nH]2)CCCC4)s1. The first kappa shape index (κ1) is 21.5. The molecule has 0 bridgehead atoms. The van der Waals surface area contributed by atoms with E-state index in [0.717, 1.165) is 53.7 Å². The van der Waals surface area contributed by atoms with Gasteiger partial charge >= 0.3 is 0 Å². The van der Waals surface area contributed by atoms with E-state index in [1.807, 2.05) is 0 Å². The van der Waals surface area contributed by atoms with Crippen molar-refractivity contribution in [3.63, 3.8) is 0 Å². The summed E-state index contributed by atoms with van der Waals surface area (Å²) in [5.41, 5.74) is 1.18. The number of fused-ring (bicyclic) bond motifs is 3. The van der Waals surface area contributed by atoms with Gasteiger partial charge in [0.2, 0.25) is 11.0 Å². The Kier molecular flexibility index (Phi) is 7.16. The molecular weight excluding hydrogens is 438 g/mol. The van der Waals surface area contributed by atoms with Crippen LogP contribution in [0.2, 0.25) is 0 Å². The van der Waals surface area contributed by atoms with Crippen molar-refractivity contribution >= 4 is 55.7 Å². The summed E-state index contributed by atoms with van der Waals surface area (Å²) >= 11 is 4.70. The number of H-pyrrole nitrogens is 1. The van der Waals surface area contributed by atoms with Crippen molar-refractivity contribution in [2.24, 2.45) is 0 Å². The zero-order chi connectivity index (χ0) is 20.9. The van der Waals surface area contributed by atoms with Gasteiger partial charge in [0.25, 0.3) is 5.56 Å². The third-order valence-electron chi connectivity index (χ3n) is 5.04. The van der Waals surface area contributed by atoms with Gasteiger partial charge in [-0.25, -0.2) is 4.98 Å². The van der Waals surface area contributed by atoms with E-state index in [2.05, 4.69) is 32.4 Å². The number of anilines is 1. The lowest BCUT2D eigenvalue weighted by Gasteiger charge is -2.09. The number of rotatable bonds is 9. The average molecular weight is 464 g/mol. The van der Waals surface area contributed by atoms with E-state index >= 15 is 0 Å². The van der Waals surface area contributed by atoms with Gasteiger partial charge in [-0.2, -0.15) is 11.8 Å². The quantitative estimate of drug-likeness (QED) is 0.458. The zero-order valence-electron chi connectivity index (χ0n) is 17.0. The number of aromatic amines is 1. The Hall–Kier alpha value is -1.78. The molecule has 160 valence electrons. The molecule has 0 unspecified atom stereocenters. The molecule has 0 saturated carbocycles. The summed E-state index contributed by atoms with van der Waals surface area (Å²) in [4.78, 5) is 34.5. The molecule has 0 atom stereocenters. The van der Waals surface area contributed by atoms with Crippen LogP contribution in [0, 0.1) is 0 Å². The van der Waals surface area contributed by atoms with Crippen molar-refractivity contribution in [3.8, 4) is 0 Å². The van der Waals surface area contributed by atoms with Crippen LogP contribution in [0.5, 0.6) is 0 Å². The van der Waals surface area contributed by atoms with Crippen LogP contribution >= 0.6 is 34.4 Å². The van der Waals surface area contributed by atoms with Crippen LogP contribution in [-0.2, 0) is 29.8 Å². The number of aryl methyl sites for hydroxylation is 3. The van der Waals surface area contributed by atoms with Crippen molar-refractivity contribution in [3.05, 3.63) is 31.6 Å². The summed E-state index contributed by atoms with van der Waals surface area (Å²) in [5, 5.41) is 13.3. The minimum Gasteiger partial charge on any atom is -0.309 e. The summed E-state index contributed by atoms with van der Waals surface area (Å²) < 4.78 is 0. The highest BCUT2D eigenvalue weighted by molar-refractivity contribution is 7.98. The zero-order valence-corrected chi connectivity index (χ0v) is 19.4. The summed E-state index contributed by atoms with van der Waals surface area (Å²) in [5.74, 6) is 1.85. The molecule has 1 aliphatic rings. The van der Waals surface area contributed by atoms with Crippen molar-refractivity contribution in [1.29, 1.82) is 0 Å². The number of nitrogens with one attached hydrogen (secondary N) is 2. The van der Waals surface area contributed by atoms with Crippen molar-refractivity contribution in [2.75, 3.05) is 11.1 Å². The van der Waals surface area contributed by atoms with Crippen LogP contribution in [0.4, 0.5) is 5.13 Å². The first-order valence-corrected chi connectivity index (χ1v) is 13.2. The largest absolute Gasteiger partial charge is 0.309 e. The van der Waals surface area contributed by atoms with Crippen LogP contribution < -0.4 is 10.9 Å². The highest BCUT2D eigenvalue weighted by atomic mass is 32.2.